The van der Waals surface area contributed by atoms with Crippen molar-refractivity contribution in [1.29, 1.82) is 0 Å². The summed E-state index contributed by atoms with van der Waals surface area (Å²) >= 11 is 5.33. The van der Waals surface area contributed by atoms with Crippen LogP contribution in [0.4, 0.5) is 0 Å². The van der Waals surface area contributed by atoms with E-state index < -0.39 is 0 Å². The van der Waals surface area contributed by atoms with E-state index in [1.807, 2.05) is 0 Å². The smallest absolute Gasteiger partial charge is 0.0202 e. The largest absolute Gasteiger partial charge is 0.0899 e. The molecule has 0 bridgehead atoms. The highest BCUT2D eigenvalue weighted by molar-refractivity contribution is 7.81. The van der Waals surface area contributed by atoms with Gasteiger partial charge >= 0.3 is 0 Å². The maximum absolute atomic E-state index is 5.33. The van der Waals surface area contributed by atoms with Gasteiger partial charge in [0.05, 0.1) is 0 Å². The van der Waals surface area contributed by atoms with Crippen LogP contribution in [-0.2, 0) is 0 Å². The van der Waals surface area contributed by atoms with Crippen molar-refractivity contribution in [1.82, 2.24) is 0 Å². The third kappa shape index (κ3) is 1.64. The van der Waals surface area contributed by atoms with Crippen molar-refractivity contribution in [2.24, 2.45) is 11.8 Å². The fourth-order valence-electron chi connectivity index (χ4n) is 1.65. The lowest BCUT2D eigenvalue weighted by molar-refractivity contribution is 0.316. The Morgan fingerprint density at radius 2 is 1.56 bits per heavy atom. The zero-order valence-corrected chi connectivity index (χ0v) is 7.08. The molecule has 1 radical (unpaired) electrons. The first kappa shape index (κ1) is 7.46. The molecule has 2 atom stereocenters. The Balaban J connectivity index is 2.41. The van der Waals surface area contributed by atoms with E-state index in [1.54, 1.807) is 0 Å². The summed E-state index contributed by atoms with van der Waals surface area (Å²) in [6.07, 6.45) is 4.12. The maximum atomic E-state index is 5.33. The second-order valence-electron chi connectivity index (χ2n) is 3.35. The molecule has 2 unspecified atom stereocenters. The van der Waals surface area contributed by atoms with Crippen LogP contribution in [0.25, 0.3) is 0 Å². The predicted octanol–water partition coefficient (Wildman–Crippen LogP) is 3.01. The molecule has 53 valence electrons. The fourth-order valence-corrected chi connectivity index (χ4v) is 1.92. The Morgan fingerprint density at radius 1 is 1.11 bits per heavy atom. The quantitative estimate of drug-likeness (QED) is 0.489. The SMILES string of the molecule is CC1CCCC(C)C1[S]. The molecule has 1 saturated carbocycles. The van der Waals surface area contributed by atoms with Gasteiger partial charge in [0.2, 0.25) is 0 Å². The molecule has 0 heterocycles. The molecule has 1 aliphatic rings. The van der Waals surface area contributed by atoms with Gasteiger partial charge in [-0.05, 0) is 24.7 Å². The molecule has 0 amide bonds. The Morgan fingerprint density at radius 3 is 1.89 bits per heavy atom. The molecule has 1 heteroatoms. The predicted molar refractivity (Wildman–Crippen MR) is 43.6 cm³/mol. The van der Waals surface area contributed by atoms with E-state index in [9.17, 15) is 0 Å². The molecule has 0 aromatic rings. The summed E-state index contributed by atoms with van der Waals surface area (Å²) in [6.45, 7) is 4.57. The highest BCUT2D eigenvalue weighted by Crippen LogP contribution is 2.32. The molecule has 9 heavy (non-hydrogen) atoms. The van der Waals surface area contributed by atoms with Crippen LogP contribution < -0.4 is 0 Å². The molecular weight excluding hydrogens is 128 g/mol. The second-order valence-corrected chi connectivity index (χ2v) is 3.89. The average Bonchev–Trinajstić information content (AvgIpc) is 1.83. The molecule has 1 aliphatic carbocycles. The van der Waals surface area contributed by atoms with Gasteiger partial charge < -0.3 is 0 Å². The monoisotopic (exact) mass is 143 g/mol. The van der Waals surface area contributed by atoms with Crippen LogP contribution in [-0.4, -0.2) is 5.25 Å². The third-order valence-electron chi connectivity index (χ3n) is 2.44. The van der Waals surface area contributed by atoms with E-state index in [0.29, 0.717) is 5.25 Å². The maximum Gasteiger partial charge on any atom is 0.0202 e. The molecule has 0 N–H and O–H groups in total. The molecular formula is C8H15S. The molecule has 0 nitrogen and oxygen atoms in total. The fraction of sp³-hybridized carbons (Fsp3) is 1.00. The molecule has 0 spiro atoms. The zero-order chi connectivity index (χ0) is 6.85. The van der Waals surface area contributed by atoms with Crippen LogP contribution in [0.15, 0.2) is 0 Å². The van der Waals surface area contributed by atoms with Crippen molar-refractivity contribution in [2.45, 2.75) is 38.4 Å². The van der Waals surface area contributed by atoms with E-state index in [4.69, 9.17) is 12.6 Å². The van der Waals surface area contributed by atoms with Gasteiger partial charge in [0.15, 0.2) is 0 Å². The van der Waals surface area contributed by atoms with Crippen molar-refractivity contribution in [3.8, 4) is 0 Å². The van der Waals surface area contributed by atoms with Gasteiger partial charge in [-0.3, -0.25) is 0 Å². The van der Waals surface area contributed by atoms with Crippen molar-refractivity contribution in [3.63, 3.8) is 0 Å². The van der Waals surface area contributed by atoms with Crippen LogP contribution in [0.2, 0.25) is 0 Å². The van der Waals surface area contributed by atoms with Crippen molar-refractivity contribution in [3.05, 3.63) is 0 Å². The molecule has 0 aromatic carbocycles. The van der Waals surface area contributed by atoms with Gasteiger partial charge in [-0.2, -0.15) is 0 Å². The summed E-state index contributed by atoms with van der Waals surface area (Å²) in [7, 11) is 0. The van der Waals surface area contributed by atoms with Gasteiger partial charge in [0.1, 0.15) is 0 Å². The van der Waals surface area contributed by atoms with Crippen LogP contribution in [0.3, 0.4) is 0 Å². The summed E-state index contributed by atoms with van der Waals surface area (Å²) in [5.41, 5.74) is 0. The van der Waals surface area contributed by atoms with Crippen molar-refractivity contribution < 1.29 is 0 Å². The third-order valence-corrected chi connectivity index (χ3v) is 3.37. The standard InChI is InChI=1S/C8H15S/c1-6-4-3-5-7(2)8(6)9/h6-8H,3-5H2,1-2H3. The molecule has 0 saturated heterocycles. The van der Waals surface area contributed by atoms with E-state index in [1.165, 1.54) is 19.3 Å². The second kappa shape index (κ2) is 2.96. The topological polar surface area (TPSA) is 0 Å². The average molecular weight is 143 g/mol. The van der Waals surface area contributed by atoms with Crippen LogP contribution in [0, 0.1) is 11.8 Å². The lowest BCUT2D eigenvalue weighted by Crippen LogP contribution is -2.24. The summed E-state index contributed by atoms with van der Waals surface area (Å²) in [5.74, 6) is 1.59. The summed E-state index contributed by atoms with van der Waals surface area (Å²) < 4.78 is 0. The van der Waals surface area contributed by atoms with Gasteiger partial charge in [-0.1, -0.05) is 32.9 Å². The van der Waals surface area contributed by atoms with Crippen LogP contribution in [0.5, 0.6) is 0 Å². The lowest BCUT2D eigenvalue weighted by Gasteiger charge is -2.29. The molecule has 1 fully saturated rings. The van der Waals surface area contributed by atoms with E-state index >= 15 is 0 Å². The number of hydrogen-bond donors (Lipinski definition) is 0. The first-order valence-corrected chi connectivity index (χ1v) is 4.34. The minimum atomic E-state index is 0.554. The summed E-state index contributed by atoms with van der Waals surface area (Å²) in [6, 6.07) is 0. The zero-order valence-electron chi connectivity index (χ0n) is 6.26. The Bertz CT molecular complexity index is 80.6. The summed E-state index contributed by atoms with van der Waals surface area (Å²) in [5, 5.41) is 0.554. The normalized spacial score (nSPS) is 45.0. The van der Waals surface area contributed by atoms with Crippen LogP contribution >= 0.6 is 12.6 Å². The molecule has 0 aromatic heterocycles. The van der Waals surface area contributed by atoms with E-state index in [2.05, 4.69) is 13.8 Å². The molecule has 1 rings (SSSR count). The van der Waals surface area contributed by atoms with Gasteiger partial charge in [0, 0.05) is 5.25 Å². The highest BCUT2D eigenvalue weighted by atomic mass is 32.1. The first-order chi connectivity index (χ1) is 4.22. The van der Waals surface area contributed by atoms with Crippen LogP contribution in [0.1, 0.15) is 33.1 Å². The lowest BCUT2D eigenvalue weighted by atomic mass is 9.83. The summed E-state index contributed by atoms with van der Waals surface area (Å²) in [4.78, 5) is 0. The Labute approximate surface area is 63.4 Å². The van der Waals surface area contributed by atoms with Gasteiger partial charge in [0.25, 0.3) is 0 Å². The highest BCUT2D eigenvalue weighted by Gasteiger charge is 2.24. The van der Waals surface area contributed by atoms with Gasteiger partial charge in [-0.25, -0.2) is 0 Å². The molecule has 0 aliphatic heterocycles. The van der Waals surface area contributed by atoms with Crippen molar-refractivity contribution in [2.75, 3.05) is 0 Å². The Hall–Kier alpha value is 0.350. The van der Waals surface area contributed by atoms with Crippen molar-refractivity contribution >= 4 is 12.6 Å². The van der Waals surface area contributed by atoms with Gasteiger partial charge in [-0.15, -0.1) is 0 Å². The van der Waals surface area contributed by atoms with E-state index in [-0.39, 0.29) is 0 Å². The number of rotatable bonds is 0. The minimum absolute atomic E-state index is 0.554. The minimum Gasteiger partial charge on any atom is -0.0899 e. The Kier molecular flexibility index (Phi) is 2.45. The first-order valence-electron chi connectivity index (χ1n) is 3.87. The van der Waals surface area contributed by atoms with E-state index in [0.717, 1.165) is 11.8 Å². The number of hydrogen-bond acceptors (Lipinski definition) is 0.